The summed E-state index contributed by atoms with van der Waals surface area (Å²) in [6.07, 6.45) is 3.91. The van der Waals surface area contributed by atoms with E-state index in [0.717, 1.165) is 19.3 Å². The molecular weight excluding hydrogens is 230 g/mol. The number of rotatable bonds is 6. The molecule has 2 unspecified atom stereocenters. The number of carbonyl (C=O) groups excluding carboxylic acids is 1. The van der Waals surface area contributed by atoms with Crippen LogP contribution in [0.2, 0.25) is 0 Å². The van der Waals surface area contributed by atoms with E-state index in [-0.39, 0.29) is 5.97 Å². The summed E-state index contributed by atoms with van der Waals surface area (Å²) in [4.78, 5) is 11.3. The monoisotopic (exact) mass is 255 g/mol. The molecule has 2 N–H and O–H groups in total. The summed E-state index contributed by atoms with van der Waals surface area (Å²) < 4.78 is 4.85. The molecule has 0 saturated heterocycles. The quantitative estimate of drug-likeness (QED) is 0.559. The SMILES string of the molecule is C=C(CNCC1(O)CCCC(C)C1)C(=O)OCC. The lowest BCUT2D eigenvalue weighted by Gasteiger charge is -2.35. The van der Waals surface area contributed by atoms with Gasteiger partial charge >= 0.3 is 5.97 Å². The first kappa shape index (κ1) is 15.2. The molecule has 0 bridgehead atoms. The van der Waals surface area contributed by atoms with Gasteiger partial charge in [-0.1, -0.05) is 26.3 Å². The highest BCUT2D eigenvalue weighted by Crippen LogP contribution is 2.31. The molecular formula is C14H25NO3. The number of nitrogens with one attached hydrogen (secondary N) is 1. The average molecular weight is 255 g/mol. The first-order valence-electron chi connectivity index (χ1n) is 6.75. The molecule has 1 aliphatic rings. The highest BCUT2D eigenvalue weighted by atomic mass is 16.5. The minimum Gasteiger partial charge on any atom is -0.463 e. The van der Waals surface area contributed by atoms with Gasteiger partial charge in [0.2, 0.25) is 0 Å². The molecule has 0 spiro atoms. The number of esters is 1. The van der Waals surface area contributed by atoms with Crippen molar-refractivity contribution < 1.29 is 14.6 Å². The van der Waals surface area contributed by atoms with Crippen molar-refractivity contribution in [1.82, 2.24) is 5.32 Å². The van der Waals surface area contributed by atoms with E-state index in [2.05, 4.69) is 18.8 Å². The maximum absolute atomic E-state index is 11.3. The van der Waals surface area contributed by atoms with Gasteiger partial charge in [0, 0.05) is 18.7 Å². The van der Waals surface area contributed by atoms with Gasteiger partial charge in [0.1, 0.15) is 0 Å². The lowest BCUT2D eigenvalue weighted by atomic mass is 9.79. The molecule has 1 saturated carbocycles. The summed E-state index contributed by atoms with van der Waals surface area (Å²) >= 11 is 0. The predicted octanol–water partition coefficient (Wildman–Crippen LogP) is 1.64. The molecule has 0 aromatic heterocycles. The Hall–Kier alpha value is -0.870. The van der Waals surface area contributed by atoms with Gasteiger partial charge in [-0.15, -0.1) is 0 Å². The van der Waals surface area contributed by atoms with Crippen molar-refractivity contribution in [2.75, 3.05) is 19.7 Å². The summed E-state index contributed by atoms with van der Waals surface area (Å²) in [7, 11) is 0. The van der Waals surface area contributed by atoms with E-state index >= 15 is 0 Å². The van der Waals surface area contributed by atoms with Crippen LogP contribution < -0.4 is 5.32 Å². The Morgan fingerprint density at radius 1 is 1.61 bits per heavy atom. The molecule has 4 heteroatoms. The Balaban J connectivity index is 2.28. The maximum Gasteiger partial charge on any atom is 0.334 e. The Labute approximate surface area is 109 Å². The van der Waals surface area contributed by atoms with E-state index in [0.29, 0.717) is 31.2 Å². The fraction of sp³-hybridized carbons (Fsp3) is 0.786. The Kier molecular flexibility index (Phi) is 5.82. The van der Waals surface area contributed by atoms with Crippen LogP contribution in [0.15, 0.2) is 12.2 Å². The first-order valence-corrected chi connectivity index (χ1v) is 6.75. The van der Waals surface area contributed by atoms with Crippen LogP contribution >= 0.6 is 0 Å². The summed E-state index contributed by atoms with van der Waals surface area (Å²) in [5.41, 5.74) is -0.226. The molecule has 0 amide bonds. The third-order valence-electron chi connectivity index (χ3n) is 3.42. The van der Waals surface area contributed by atoms with Gasteiger partial charge in [0.05, 0.1) is 12.2 Å². The molecule has 0 aromatic carbocycles. The van der Waals surface area contributed by atoms with Crippen molar-refractivity contribution in [3.63, 3.8) is 0 Å². The van der Waals surface area contributed by atoms with Crippen LogP contribution in [0.5, 0.6) is 0 Å². The topological polar surface area (TPSA) is 58.6 Å². The second kappa shape index (κ2) is 6.90. The van der Waals surface area contributed by atoms with Crippen molar-refractivity contribution in [3.8, 4) is 0 Å². The van der Waals surface area contributed by atoms with Gasteiger partial charge in [-0.05, 0) is 25.7 Å². The normalized spacial score (nSPS) is 27.8. The van der Waals surface area contributed by atoms with Crippen molar-refractivity contribution in [2.24, 2.45) is 5.92 Å². The maximum atomic E-state index is 11.3. The Bertz CT molecular complexity index is 303. The fourth-order valence-corrected chi connectivity index (χ4v) is 2.54. The van der Waals surface area contributed by atoms with Gasteiger partial charge in [-0.3, -0.25) is 0 Å². The lowest BCUT2D eigenvalue weighted by molar-refractivity contribution is -0.138. The lowest BCUT2D eigenvalue weighted by Crippen LogP contribution is -2.44. The minimum absolute atomic E-state index is 0.360. The van der Waals surface area contributed by atoms with Crippen LogP contribution in [0, 0.1) is 5.92 Å². The average Bonchev–Trinajstić information content (AvgIpc) is 2.28. The van der Waals surface area contributed by atoms with Crippen molar-refractivity contribution in [3.05, 3.63) is 12.2 Å². The Morgan fingerprint density at radius 2 is 2.33 bits per heavy atom. The zero-order chi connectivity index (χ0) is 13.6. The third-order valence-corrected chi connectivity index (χ3v) is 3.42. The molecule has 1 rings (SSSR count). The number of aliphatic hydroxyl groups is 1. The van der Waals surface area contributed by atoms with E-state index < -0.39 is 5.60 Å². The number of hydrogen-bond acceptors (Lipinski definition) is 4. The largest absolute Gasteiger partial charge is 0.463 e. The number of ether oxygens (including phenoxy) is 1. The van der Waals surface area contributed by atoms with E-state index in [1.165, 1.54) is 6.42 Å². The predicted molar refractivity (Wildman–Crippen MR) is 71.2 cm³/mol. The smallest absolute Gasteiger partial charge is 0.334 e. The number of hydrogen-bond donors (Lipinski definition) is 2. The molecule has 0 radical (unpaired) electrons. The molecule has 104 valence electrons. The minimum atomic E-state index is -0.632. The molecule has 2 atom stereocenters. The van der Waals surface area contributed by atoms with Crippen LogP contribution in [0.25, 0.3) is 0 Å². The highest BCUT2D eigenvalue weighted by molar-refractivity contribution is 5.88. The standard InChI is InChI=1S/C14H25NO3/c1-4-18-13(16)12(3)9-15-10-14(17)7-5-6-11(2)8-14/h11,15,17H,3-10H2,1-2H3. The van der Waals surface area contributed by atoms with Crippen molar-refractivity contribution in [1.29, 1.82) is 0 Å². The van der Waals surface area contributed by atoms with Crippen LogP contribution in [0.1, 0.15) is 39.5 Å². The van der Waals surface area contributed by atoms with Gasteiger partial charge in [-0.25, -0.2) is 4.79 Å². The zero-order valence-corrected chi connectivity index (χ0v) is 11.5. The third kappa shape index (κ3) is 4.78. The summed E-state index contributed by atoms with van der Waals surface area (Å²) in [5.74, 6) is 0.202. The molecule has 1 fully saturated rings. The molecule has 0 aliphatic heterocycles. The van der Waals surface area contributed by atoms with E-state index in [4.69, 9.17) is 4.74 Å². The van der Waals surface area contributed by atoms with Crippen LogP contribution in [0.3, 0.4) is 0 Å². The fourth-order valence-electron chi connectivity index (χ4n) is 2.54. The van der Waals surface area contributed by atoms with Gasteiger partial charge < -0.3 is 15.2 Å². The van der Waals surface area contributed by atoms with Crippen LogP contribution in [0.4, 0.5) is 0 Å². The molecule has 0 aromatic rings. The first-order chi connectivity index (χ1) is 8.47. The molecule has 4 nitrogen and oxygen atoms in total. The summed E-state index contributed by atoms with van der Waals surface area (Å²) in [5, 5.41) is 13.5. The Morgan fingerprint density at radius 3 is 2.94 bits per heavy atom. The van der Waals surface area contributed by atoms with Crippen molar-refractivity contribution in [2.45, 2.75) is 45.1 Å². The molecule has 1 aliphatic carbocycles. The summed E-state index contributed by atoms with van der Waals surface area (Å²) in [6, 6.07) is 0. The van der Waals surface area contributed by atoms with E-state index in [1.54, 1.807) is 6.92 Å². The van der Waals surface area contributed by atoms with Crippen LogP contribution in [-0.4, -0.2) is 36.4 Å². The molecule has 0 heterocycles. The van der Waals surface area contributed by atoms with Crippen LogP contribution in [-0.2, 0) is 9.53 Å². The summed E-state index contributed by atoms with van der Waals surface area (Å²) in [6.45, 7) is 8.85. The van der Waals surface area contributed by atoms with Crippen molar-refractivity contribution >= 4 is 5.97 Å². The van der Waals surface area contributed by atoms with E-state index in [1.807, 2.05) is 0 Å². The van der Waals surface area contributed by atoms with Gasteiger partial charge in [-0.2, -0.15) is 0 Å². The second-order valence-corrected chi connectivity index (χ2v) is 5.35. The van der Waals surface area contributed by atoms with Gasteiger partial charge in [0.15, 0.2) is 0 Å². The van der Waals surface area contributed by atoms with E-state index in [9.17, 15) is 9.90 Å². The zero-order valence-electron chi connectivity index (χ0n) is 11.5. The molecule has 18 heavy (non-hydrogen) atoms. The number of carbonyl (C=O) groups is 1. The highest BCUT2D eigenvalue weighted by Gasteiger charge is 2.32. The van der Waals surface area contributed by atoms with Gasteiger partial charge in [0.25, 0.3) is 0 Å². The second-order valence-electron chi connectivity index (χ2n) is 5.35.